The topological polar surface area (TPSA) is 142 Å². The fourth-order valence-electron chi connectivity index (χ4n) is 4.24. The van der Waals surface area contributed by atoms with Crippen molar-refractivity contribution in [2.75, 3.05) is 6.54 Å². The van der Waals surface area contributed by atoms with Gasteiger partial charge in [-0.15, -0.1) is 0 Å². The summed E-state index contributed by atoms with van der Waals surface area (Å²) in [5.41, 5.74) is 7.70. The summed E-state index contributed by atoms with van der Waals surface area (Å²) in [7, 11) is 0. The maximum atomic E-state index is 13.6. The molecule has 1 fully saturated rings. The molecule has 38 heavy (non-hydrogen) atoms. The number of rotatable bonds is 9. The van der Waals surface area contributed by atoms with Gasteiger partial charge in [-0.2, -0.15) is 0 Å². The van der Waals surface area contributed by atoms with E-state index in [1.165, 1.54) is 0 Å². The minimum absolute atomic E-state index is 0.0105. The number of carboxylic acid groups (broad SMARTS) is 1. The Hall–Kier alpha value is -3.92. The largest absolute Gasteiger partial charge is 0.480 e. The highest BCUT2D eigenvalue weighted by Gasteiger charge is 2.42. The van der Waals surface area contributed by atoms with Crippen molar-refractivity contribution < 1.29 is 29.0 Å². The summed E-state index contributed by atoms with van der Waals surface area (Å²) < 4.78 is 5.50. The molecule has 0 aliphatic carbocycles. The maximum absolute atomic E-state index is 13.6. The summed E-state index contributed by atoms with van der Waals surface area (Å²) in [6.45, 7) is 3.69. The Labute approximate surface area is 222 Å². The average molecular weight is 525 g/mol. The summed E-state index contributed by atoms with van der Waals surface area (Å²) in [4.78, 5) is 52.3. The number of hydrogen-bond donors (Lipinski definition) is 3. The molecule has 2 aromatic rings. The van der Waals surface area contributed by atoms with Crippen LogP contribution in [0.2, 0.25) is 0 Å². The predicted octanol–water partition coefficient (Wildman–Crippen LogP) is 2.72. The summed E-state index contributed by atoms with van der Waals surface area (Å²) in [6, 6.07) is 14.7. The molecule has 0 bridgehead atoms. The minimum atomic E-state index is -1.22. The molecule has 204 valence electrons. The standard InChI is InChI=1S/C28H36N4O6/c1-19(2)24(29)26(34)32-23(25(33)30-22(27(35)36)17-20-11-5-3-6-12-20)15-9-10-16-31(32)28(37)38-18-21-13-7-4-8-14-21/h3-8,11-14,19,22-24H,9-10,15-18,29H2,1-2H3,(H,30,33)(H,35,36)/t22-,23-,24-/m0/s1. The van der Waals surface area contributed by atoms with Gasteiger partial charge in [-0.25, -0.2) is 19.6 Å². The number of carboxylic acids is 1. The summed E-state index contributed by atoms with van der Waals surface area (Å²) in [6.07, 6.45) is 0.589. The van der Waals surface area contributed by atoms with Gasteiger partial charge in [0.15, 0.2) is 0 Å². The van der Waals surface area contributed by atoms with Crippen molar-refractivity contribution in [2.45, 2.75) is 64.3 Å². The molecule has 3 amide bonds. The molecule has 3 rings (SSSR count). The van der Waals surface area contributed by atoms with Gasteiger partial charge < -0.3 is 20.9 Å². The van der Waals surface area contributed by atoms with Gasteiger partial charge in [-0.05, 0) is 36.3 Å². The van der Waals surface area contributed by atoms with E-state index in [0.717, 1.165) is 21.1 Å². The number of amides is 3. The molecule has 10 nitrogen and oxygen atoms in total. The molecular weight excluding hydrogens is 488 g/mol. The molecule has 0 unspecified atom stereocenters. The molecule has 0 aromatic heterocycles. The van der Waals surface area contributed by atoms with Crippen LogP contribution < -0.4 is 11.1 Å². The number of aliphatic carboxylic acids is 1. The maximum Gasteiger partial charge on any atom is 0.429 e. The Morgan fingerprint density at radius 2 is 1.61 bits per heavy atom. The van der Waals surface area contributed by atoms with Crippen molar-refractivity contribution in [3.05, 3.63) is 71.8 Å². The molecule has 1 heterocycles. The van der Waals surface area contributed by atoms with E-state index in [4.69, 9.17) is 10.5 Å². The van der Waals surface area contributed by atoms with Gasteiger partial charge in [-0.1, -0.05) is 74.5 Å². The van der Waals surface area contributed by atoms with Crippen LogP contribution in [0.1, 0.15) is 44.2 Å². The number of nitrogens with one attached hydrogen (secondary N) is 1. The van der Waals surface area contributed by atoms with Crippen molar-refractivity contribution in [1.29, 1.82) is 0 Å². The Morgan fingerprint density at radius 1 is 1.00 bits per heavy atom. The summed E-state index contributed by atoms with van der Waals surface area (Å²) in [5, 5.41) is 14.6. The van der Waals surface area contributed by atoms with E-state index in [0.29, 0.717) is 12.8 Å². The van der Waals surface area contributed by atoms with Crippen molar-refractivity contribution in [2.24, 2.45) is 11.7 Å². The van der Waals surface area contributed by atoms with Crippen LogP contribution in [0.15, 0.2) is 60.7 Å². The van der Waals surface area contributed by atoms with Gasteiger partial charge in [0.1, 0.15) is 18.7 Å². The number of hydrogen-bond acceptors (Lipinski definition) is 6. The van der Waals surface area contributed by atoms with Gasteiger partial charge in [0.25, 0.3) is 5.91 Å². The van der Waals surface area contributed by atoms with Crippen molar-refractivity contribution in [3.8, 4) is 0 Å². The van der Waals surface area contributed by atoms with Gasteiger partial charge in [0.2, 0.25) is 5.91 Å². The zero-order valence-electron chi connectivity index (χ0n) is 21.8. The molecule has 2 aromatic carbocycles. The molecule has 0 radical (unpaired) electrons. The number of carbonyl (C=O) groups excluding carboxylic acids is 3. The minimum Gasteiger partial charge on any atom is -0.480 e. The highest BCUT2D eigenvalue weighted by molar-refractivity contribution is 5.92. The molecule has 1 aliphatic heterocycles. The lowest BCUT2D eigenvalue weighted by molar-refractivity contribution is -0.160. The fraction of sp³-hybridized carbons (Fsp3) is 0.429. The molecule has 1 aliphatic rings. The third-order valence-corrected chi connectivity index (χ3v) is 6.50. The Bertz CT molecular complexity index is 1100. The smallest absolute Gasteiger partial charge is 0.429 e. The first kappa shape index (κ1) is 28.6. The lowest BCUT2D eigenvalue weighted by Gasteiger charge is -2.39. The second kappa shape index (κ2) is 13.6. The zero-order chi connectivity index (χ0) is 27.7. The van der Waals surface area contributed by atoms with E-state index in [-0.39, 0.29) is 31.9 Å². The SMILES string of the molecule is CC(C)[C@H](N)C(=O)N1[C@H](C(=O)N[C@@H](Cc2ccccc2)C(=O)O)CCCCN1C(=O)OCc1ccccc1. The first-order chi connectivity index (χ1) is 18.2. The van der Waals surface area contributed by atoms with Crippen LogP contribution in [0, 0.1) is 5.92 Å². The average Bonchev–Trinajstić information content (AvgIpc) is 3.15. The second-order valence-corrected chi connectivity index (χ2v) is 9.72. The molecular formula is C28H36N4O6. The lowest BCUT2D eigenvalue weighted by atomic mass is 10.0. The molecule has 0 saturated carbocycles. The number of carbonyl (C=O) groups is 4. The first-order valence-corrected chi connectivity index (χ1v) is 12.8. The highest BCUT2D eigenvalue weighted by Crippen LogP contribution is 2.22. The lowest BCUT2D eigenvalue weighted by Crippen LogP contribution is -2.63. The zero-order valence-corrected chi connectivity index (χ0v) is 21.8. The highest BCUT2D eigenvalue weighted by atomic mass is 16.6. The van der Waals surface area contributed by atoms with Crippen LogP contribution in [0.5, 0.6) is 0 Å². The van der Waals surface area contributed by atoms with Crippen LogP contribution >= 0.6 is 0 Å². The summed E-state index contributed by atoms with van der Waals surface area (Å²) in [5.74, 6) is -2.73. The third-order valence-electron chi connectivity index (χ3n) is 6.50. The van der Waals surface area contributed by atoms with E-state index < -0.39 is 42.0 Å². The fourth-order valence-corrected chi connectivity index (χ4v) is 4.24. The molecule has 3 atom stereocenters. The third kappa shape index (κ3) is 7.55. The predicted molar refractivity (Wildman–Crippen MR) is 140 cm³/mol. The normalized spacial score (nSPS) is 17.3. The molecule has 10 heteroatoms. The monoisotopic (exact) mass is 524 g/mol. The number of ether oxygens (including phenoxy) is 1. The number of hydrazine groups is 1. The Balaban J connectivity index is 1.86. The summed E-state index contributed by atoms with van der Waals surface area (Å²) >= 11 is 0. The number of nitrogens with zero attached hydrogens (tertiary/aromatic N) is 2. The van der Waals surface area contributed by atoms with Gasteiger partial charge in [0.05, 0.1) is 6.04 Å². The number of benzene rings is 2. The second-order valence-electron chi connectivity index (χ2n) is 9.72. The van der Waals surface area contributed by atoms with Gasteiger partial charge >= 0.3 is 12.1 Å². The van der Waals surface area contributed by atoms with E-state index in [9.17, 15) is 24.3 Å². The van der Waals surface area contributed by atoms with E-state index in [1.807, 2.05) is 36.4 Å². The van der Waals surface area contributed by atoms with Crippen molar-refractivity contribution >= 4 is 23.9 Å². The molecule has 4 N–H and O–H groups in total. The van der Waals surface area contributed by atoms with Crippen LogP contribution in [0.3, 0.4) is 0 Å². The van der Waals surface area contributed by atoms with E-state index >= 15 is 0 Å². The van der Waals surface area contributed by atoms with Crippen LogP contribution in [0.4, 0.5) is 4.79 Å². The van der Waals surface area contributed by atoms with Gasteiger partial charge in [-0.3, -0.25) is 9.59 Å². The quantitative estimate of drug-likeness (QED) is 0.458. The first-order valence-electron chi connectivity index (χ1n) is 12.8. The molecule has 0 spiro atoms. The van der Waals surface area contributed by atoms with Crippen molar-refractivity contribution in [1.82, 2.24) is 15.3 Å². The number of nitrogens with two attached hydrogens (primary N) is 1. The van der Waals surface area contributed by atoms with Crippen LogP contribution in [0.25, 0.3) is 0 Å². The Morgan fingerprint density at radius 3 is 2.18 bits per heavy atom. The van der Waals surface area contributed by atoms with Crippen LogP contribution in [-0.2, 0) is 32.1 Å². The van der Waals surface area contributed by atoms with E-state index in [1.54, 1.807) is 38.1 Å². The van der Waals surface area contributed by atoms with E-state index in [2.05, 4.69) is 5.32 Å². The van der Waals surface area contributed by atoms with Crippen LogP contribution in [-0.4, -0.2) is 63.7 Å². The van der Waals surface area contributed by atoms with Crippen molar-refractivity contribution in [3.63, 3.8) is 0 Å². The van der Waals surface area contributed by atoms with Gasteiger partial charge in [0, 0.05) is 13.0 Å². The Kier molecular flexibility index (Phi) is 10.2. The molecule has 1 saturated heterocycles.